The molecule has 1 fully saturated rings. The van der Waals surface area contributed by atoms with E-state index in [2.05, 4.69) is 20.8 Å². The highest BCUT2D eigenvalue weighted by molar-refractivity contribution is 5.75. The minimum atomic E-state index is -0.282. The molecule has 7 heteroatoms. The quantitative estimate of drug-likeness (QED) is 0.882. The van der Waals surface area contributed by atoms with Gasteiger partial charge in [-0.25, -0.2) is 9.07 Å². The maximum atomic E-state index is 14.2. The fourth-order valence-corrected chi connectivity index (χ4v) is 3.34. The summed E-state index contributed by atoms with van der Waals surface area (Å²) in [5, 5.41) is 13.7. The zero-order valence-corrected chi connectivity index (χ0v) is 12.9. The third-order valence-corrected chi connectivity index (χ3v) is 4.59. The second kappa shape index (κ2) is 6.85. The summed E-state index contributed by atoms with van der Waals surface area (Å²) in [6.45, 7) is 0.911. The molecular weight excluding hydrogens is 297 g/mol. The molecule has 1 aromatic carbocycles. The lowest BCUT2D eigenvalue weighted by atomic mass is 9.78. The Bertz CT molecular complexity index is 652. The van der Waals surface area contributed by atoms with Crippen molar-refractivity contribution in [3.8, 4) is 0 Å². The SMILES string of the molecule is O=C(CCn1cnnn1)NCC1(c2ccccc2F)CCCC1. The van der Waals surface area contributed by atoms with Gasteiger partial charge in [0, 0.05) is 18.4 Å². The Hall–Kier alpha value is -2.31. The van der Waals surface area contributed by atoms with Gasteiger partial charge < -0.3 is 5.32 Å². The van der Waals surface area contributed by atoms with Crippen LogP contribution in [0.25, 0.3) is 0 Å². The van der Waals surface area contributed by atoms with Crippen molar-refractivity contribution < 1.29 is 9.18 Å². The van der Waals surface area contributed by atoms with Crippen LogP contribution in [0.2, 0.25) is 0 Å². The second-order valence-corrected chi connectivity index (χ2v) is 6.07. The first-order valence-electron chi connectivity index (χ1n) is 7.92. The molecule has 0 unspecified atom stereocenters. The average molecular weight is 317 g/mol. The van der Waals surface area contributed by atoms with Gasteiger partial charge in [-0.2, -0.15) is 0 Å². The summed E-state index contributed by atoms with van der Waals surface area (Å²) in [6, 6.07) is 6.90. The predicted octanol–water partition coefficient (Wildman–Crippen LogP) is 1.83. The number of benzene rings is 1. The summed E-state index contributed by atoms with van der Waals surface area (Å²) >= 11 is 0. The van der Waals surface area contributed by atoms with Gasteiger partial charge >= 0.3 is 0 Å². The molecule has 1 heterocycles. The van der Waals surface area contributed by atoms with Crippen LogP contribution >= 0.6 is 0 Å². The molecule has 23 heavy (non-hydrogen) atoms. The average Bonchev–Trinajstić information content (AvgIpc) is 3.24. The number of aryl methyl sites for hydroxylation is 1. The number of carbonyl (C=O) groups excluding carboxylic acids is 1. The molecule has 122 valence electrons. The number of hydrogen-bond acceptors (Lipinski definition) is 4. The largest absolute Gasteiger partial charge is 0.355 e. The Balaban J connectivity index is 1.62. The van der Waals surface area contributed by atoms with Crippen molar-refractivity contribution in [2.75, 3.05) is 6.54 Å². The Morgan fingerprint density at radius 2 is 2.09 bits per heavy atom. The lowest BCUT2D eigenvalue weighted by Crippen LogP contribution is -2.39. The normalized spacial score (nSPS) is 16.4. The minimum absolute atomic E-state index is 0.0666. The fraction of sp³-hybridized carbons (Fsp3) is 0.500. The highest BCUT2D eigenvalue weighted by atomic mass is 19.1. The molecule has 6 nitrogen and oxygen atoms in total. The number of nitrogens with zero attached hydrogens (tertiary/aromatic N) is 4. The lowest BCUT2D eigenvalue weighted by Gasteiger charge is -2.30. The predicted molar refractivity (Wildman–Crippen MR) is 82.0 cm³/mol. The first kappa shape index (κ1) is 15.6. The monoisotopic (exact) mass is 317 g/mol. The summed E-state index contributed by atoms with van der Waals surface area (Å²) in [4.78, 5) is 12.1. The van der Waals surface area contributed by atoms with Crippen LogP contribution < -0.4 is 5.32 Å². The molecule has 3 rings (SSSR count). The second-order valence-electron chi connectivity index (χ2n) is 6.07. The summed E-state index contributed by atoms with van der Waals surface area (Å²) in [5.41, 5.74) is 0.439. The molecule has 1 amide bonds. The molecule has 2 aromatic rings. The van der Waals surface area contributed by atoms with Gasteiger partial charge in [-0.1, -0.05) is 31.0 Å². The van der Waals surface area contributed by atoms with E-state index in [1.165, 1.54) is 17.1 Å². The van der Waals surface area contributed by atoms with E-state index in [4.69, 9.17) is 0 Å². The van der Waals surface area contributed by atoms with Crippen LogP contribution in [0.1, 0.15) is 37.7 Å². The Labute approximate surface area is 134 Å². The Morgan fingerprint density at radius 1 is 1.30 bits per heavy atom. The summed E-state index contributed by atoms with van der Waals surface area (Å²) in [6.07, 6.45) is 5.72. The summed E-state index contributed by atoms with van der Waals surface area (Å²) < 4.78 is 15.7. The molecule has 0 radical (unpaired) electrons. The van der Waals surface area contributed by atoms with Gasteiger partial charge in [0.15, 0.2) is 0 Å². The van der Waals surface area contributed by atoms with Crippen molar-refractivity contribution in [3.63, 3.8) is 0 Å². The number of tetrazole rings is 1. The fourth-order valence-electron chi connectivity index (χ4n) is 3.34. The topological polar surface area (TPSA) is 72.7 Å². The number of halogens is 1. The van der Waals surface area contributed by atoms with Gasteiger partial charge in [0.25, 0.3) is 0 Å². The minimum Gasteiger partial charge on any atom is -0.355 e. The number of rotatable bonds is 6. The molecule has 1 aliphatic rings. The lowest BCUT2D eigenvalue weighted by molar-refractivity contribution is -0.121. The summed E-state index contributed by atoms with van der Waals surface area (Å²) in [7, 11) is 0. The van der Waals surface area contributed by atoms with Crippen LogP contribution in [0.3, 0.4) is 0 Å². The van der Waals surface area contributed by atoms with E-state index in [1.807, 2.05) is 12.1 Å². The molecule has 1 aromatic heterocycles. The molecular formula is C16H20FN5O. The van der Waals surface area contributed by atoms with Crippen molar-refractivity contribution in [2.24, 2.45) is 0 Å². The Morgan fingerprint density at radius 3 is 2.78 bits per heavy atom. The van der Waals surface area contributed by atoms with Crippen molar-refractivity contribution in [1.29, 1.82) is 0 Å². The Kier molecular flexibility index (Phi) is 4.64. The van der Waals surface area contributed by atoms with Gasteiger partial charge in [-0.15, -0.1) is 5.10 Å². The van der Waals surface area contributed by atoms with Crippen LogP contribution in [0.5, 0.6) is 0 Å². The molecule has 0 aliphatic heterocycles. The number of aromatic nitrogens is 4. The first-order valence-corrected chi connectivity index (χ1v) is 7.92. The van der Waals surface area contributed by atoms with E-state index >= 15 is 0 Å². The van der Waals surface area contributed by atoms with Crippen molar-refractivity contribution in [3.05, 3.63) is 42.0 Å². The molecule has 1 aliphatic carbocycles. The number of nitrogens with one attached hydrogen (secondary N) is 1. The maximum absolute atomic E-state index is 14.2. The smallest absolute Gasteiger partial charge is 0.221 e. The number of amides is 1. The zero-order chi connectivity index (χ0) is 16.1. The zero-order valence-electron chi connectivity index (χ0n) is 12.9. The molecule has 0 spiro atoms. The third kappa shape index (κ3) is 3.55. The van der Waals surface area contributed by atoms with E-state index < -0.39 is 0 Å². The van der Waals surface area contributed by atoms with E-state index in [0.717, 1.165) is 31.2 Å². The standard InChI is InChI=1S/C16H20FN5O/c17-14-6-2-1-5-13(14)16(8-3-4-9-16)11-18-15(23)7-10-22-12-19-20-21-22/h1-2,5-6,12H,3-4,7-11H2,(H,18,23). The molecule has 1 N–H and O–H groups in total. The van der Waals surface area contributed by atoms with Crippen LogP contribution in [-0.4, -0.2) is 32.7 Å². The molecule has 1 saturated carbocycles. The van der Waals surface area contributed by atoms with Crippen LogP contribution in [-0.2, 0) is 16.8 Å². The van der Waals surface area contributed by atoms with Gasteiger partial charge in [0.05, 0.1) is 6.54 Å². The van der Waals surface area contributed by atoms with E-state index in [0.29, 0.717) is 19.5 Å². The van der Waals surface area contributed by atoms with E-state index in [1.54, 1.807) is 6.07 Å². The highest BCUT2D eigenvalue weighted by Gasteiger charge is 2.37. The molecule has 0 atom stereocenters. The van der Waals surface area contributed by atoms with Gasteiger partial charge in [-0.3, -0.25) is 4.79 Å². The number of carbonyl (C=O) groups is 1. The van der Waals surface area contributed by atoms with Crippen LogP contribution in [0, 0.1) is 5.82 Å². The van der Waals surface area contributed by atoms with Crippen LogP contribution in [0.4, 0.5) is 4.39 Å². The van der Waals surface area contributed by atoms with Gasteiger partial charge in [-0.05, 0) is 34.9 Å². The maximum Gasteiger partial charge on any atom is 0.221 e. The van der Waals surface area contributed by atoms with E-state index in [-0.39, 0.29) is 17.1 Å². The van der Waals surface area contributed by atoms with Gasteiger partial charge in [0.1, 0.15) is 12.1 Å². The number of hydrogen-bond donors (Lipinski definition) is 1. The van der Waals surface area contributed by atoms with Crippen molar-refractivity contribution in [2.45, 2.75) is 44.1 Å². The molecule has 0 saturated heterocycles. The third-order valence-electron chi connectivity index (χ3n) is 4.59. The van der Waals surface area contributed by atoms with Crippen molar-refractivity contribution >= 4 is 5.91 Å². The van der Waals surface area contributed by atoms with Crippen LogP contribution in [0.15, 0.2) is 30.6 Å². The van der Waals surface area contributed by atoms with E-state index in [9.17, 15) is 9.18 Å². The molecule has 0 bridgehead atoms. The summed E-state index contributed by atoms with van der Waals surface area (Å²) in [5.74, 6) is -0.250. The van der Waals surface area contributed by atoms with Crippen molar-refractivity contribution in [1.82, 2.24) is 25.5 Å². The van der Waals surface area contributed by atoms with Gasteiger partial charge in [0.2, 0.25) is 5.91 Å². The highest BCUT2D eigenvalue weighted by Crippen LogP contribution is 2.41. The first-order chi connectivity index (χ1) is 11.2.